The molecule has 5 unspecified atom stereocenters. The molecule has 2 aromatic heterocycles. The third kappa shape index (κ3) is 8.06. The first-order valence-electron chi connectivity index (χ1n) is 14.7. The Kier molecular flexibility index (Phi) is 10.6. The molecule has 0 bridgehead atoms. The van der Waals surface area contributed by atoms with Crippen LogP contribution >= 0.6 is 0 Å². The van der Waals surface area contributed by atoms with E-state index in [-0.39, 0.29) is 12.8 Å². The van der Waals surface area contributed by atoms with Crippen molar-refractivity contribution < 1.29 is 34.2 Å². The number of aromatic nitrogens is 2. The Hall–Kier alpha value is -5.17. The van der Waals surface area contributed by atoms with Gasteiger partial charge >= 0.3 is 11.9 Å². The van der Waals surface area contributed by atoms with Crippen LogP contribution in [0, 0.1) is 5.92 Å². The summed E-state index contributed by atoms with van der Waals surface area (Å²) in [6.07, 6.45) is 3.27. The lowest BCUT2D eigenvalue weighted by atomic mass is 9.96. The summed E-state index contributed by atoms with van der Waals surface area (Å²) in [5.41, 5.74) is 8.78. The summed E-state index contributed by atoms with van der Waals surface area (Å²) >= 11 is 0. The summed E-state index contributed by atoms with van der Waals surface area (Å²) < 4.78 is 0. The third-order valence-corrected chi connectivity index (χ3v) is 7.97. The summed E-state index contributed by atoms with van der Waals surface area (Å²) in [5, 5.41) is 28.6. The highest BCUT2D eigenvalue weighted by Crippen LogP contribution is 2.21. The number of carboxylic acid groups (broad SMARTS) is 2. The number of benzene rings is 2. The maximum Gasteiger partial charge on any atom is 0.326 e. The average molecular weight is 619 g/mol. The fourth-order valence-electron chi connectivity index (χ4n) is 5.23. The summed E-state index contributed by atoms with van der Waals surface area (Å²) in [4.78, 5) is 69.7. The maximum absolute atomic E-state index is 13.8. The molecule has 0 fully saturated rings. The number of hydrogen-bond acceptors (Lipinski definition) is 6. The molecule has 0 radical (unpaired) electrons. The molecule has 2 aromatic carbocycles. The monoisotopic (exact) mass is 618 g/mol. The normalized spacial score (nSPS) is 14.6. The Morgan fingerprint density at radius 3 is 1.78 bits per heavy atom. The first kappa shape index (κ1) is 32.7. The summed E-state index contributed by atoms with van der Waals surface area (Å²) in [7, 11) is 0. The molecule has 0 aliphatic carbocycles. The van der Waals surface area contributed by atoms with Crippen LogP contribution in [0.4, 0.5) is 0 Å². The van der Waals surface area contributed by atoms with E-state index in [2.05, 4.69) is 25.9 Å². The largest absolute Gasteiger partial charge is 0.481 e. The van der Waals surface area contributed by atoms with E-state index in [1.54, 1.807) is 19.3 Å². The van der Waals surface area contributed by atoms with Gasteiger partial charge < -0.3 is 41.9 Å². The van der Waals surface area contributed by atoms with Gasteiger partial charge in [0.1, 0.15) is 18.1 Å². The lowest BCUT2D eigenvalue weighted by Crippen LogP contribution is -2.59. The number of amides is 3. The highest BCUT2D eigenvalue weighted by molar-refractivity contribution is 5.96. The number of nitrogens with one attached hydrogen (secondary N) is 5. The van der Waals surface area contributed by atoms with Crippen molar-refractivity contribution in [2.45, 2.75) is 63.7 Å². The molecule has 9 N–H and O–H groups in total. The van der Waals surface area contributed by atoms with Gasteiger partial charge in [-0.25, -0.2) is 4.79 Å². The first-order valence-corrected chi connectivity index (χ1v) is 14.7. The van der Waals surface area contributed by atoms with E-state index in [0.717, 1.165) is 21.8 Å². The van der Waals surface area contributed by atoms with Gasteiger partial charge in [-0.3, -0.25) is 19.2 Å². The molecule has 238 valence electrons. The van der Waals surface area contributed by atoms with Crippen molar-refractivity contribution in [3.8, 4) is 0 Å². The van der Waals surface area contributed by atoms with Crippen molar-refractivity contribution in [1.29, 1.82) is 0 Å². The molecule has 2 heterocycles. The summed E-state index contributed by atoms with van der Waals surface area (Å²) in [5.74, 6) is -5.15. The van der Waals surface area contributed by atoms with Crippen molar-refractivity contribution in [2.75, 3.05) is 0 Å². The van der Waals surface area contributed by atoms with E-state index in [1.165, 1.54) is 0 Å². The van der Waals surface area contributed by atoms with Gasteiger partial charge in [-0.15, -0.1) is 0 Å². The predicted molar refractivity (Wildman–Crippen MR) is 167 cm³/mol. The zero-order valence-electron chi connectivity index (χ0n) is 25.0. The van der Waals surface area contributed by atoms with Crippen LogP contribution < -0.4 is 21.7 Å². The van der Waals surface area contributed by atoms with Crippen LogP contribution in [0.2, 0.25) is 0 Å². The zero-order valence-corrected chi connectivity index (χ0v) is 25.0. The lowest BCUT2D eigenvalue weighted by molar-refractivity contribution is -0.142. The van der Waals surface area contributed by atoms with Gasteiger partial charge in [-0.2, -0.15) is 0 Å². The molecule has 4 aromatic rings. The van der Waals surface area contributed by atoms with E-state index in [1.807, 2.05) is 55.5 Å². The minimum absolute atomic E-state index is 0.00808. The molecule has 13 heteroatoms. The van der Waals surface area contributed by atoms with Crippen LogP contribution in [-0.4, -0.2) is 74.0 Å². The van der Waals surface area contributed by atoms with E-state index in [4.69, 9.17) is 10.8 Å². The molecule has 13 nitrogen and oxygen atoms in total. The molecular weight excluding hydrogens is 580 g/mol. The number of aromatic amines is 2. The molecule has 4 rings (SSSR count). The maximum atomic E-state index is 13.8. The molecular formula is C32H38N6O7. The van der Waals surface area contributed by atoms with Gasteiger partial charge in [-0.05, 0) is 29.2 Å². The van der Waals surface area contributed by atoms with Crippen molar-refractivity contribution >= 4 is 51.5 Å². The van der Waals surface area contributed by atoms with Crippen molar-refractivity contribution in [3.63, 3.8) is 0 Å². The fourth-order valence-corrected chi connectivity index (χ4v) is 5.23. The van der Waals surface area contributed by atoms with Crippen LogP contribution in [-0.2, 0) is 36.8 Å². The van der Waals surface area contributed by atoms with Crippen molar-refractivity contribution in [1.82, 2.24) is 25.9 Å². The average Bonchev–Trinajstić information content (AvgIpc) is 3.62. The fraction of sp³-hybridized carbons (Fsp3) is 0.344. The standard InChI is InChI=1S/C32H38N6O7/c1-3-17(2)28(38-29(41)22(33)14-27(39)40)31(43)36-25(12-18-15-34-23-10-6-4-8-20(18)23)30(42)37-26(32(44)45)13-19-16-35-24-11-7-5-9-21(19)24/h4-11,15-17,22,25-26,28,34-35H,3,12-14,33H2,1-2H3,(H,36,43)(H,37,42)(H,38,41)(H,39,40)(H,44,45). The number of carbonyl (C=O) groups excluding carboxylic acids is 3. The van der Waals surface area contributed by atoms with E-state index in [0.29, 0.717) is 17.5 Å². The van der Waals surface area contributed by atoms with E-state index < -0.39 is 66.2 Å². The van der Waals surface area contributed by atoms with Gasteiger partial charge in [0.05, 0.1) is 12.5 Å². The van der Waals surface area contributed by atoms with E-state index in [9.17, 15) is 29.1 Å². The topological polar surface area (TPSA) is 219 Å². The highest BCUT2D eigenvalue weighted by atomic mass is 16.4. The van der Waals surface area contributed by atoms with Crippen LogP contribution in [0.3, 0.4) is 0 Å². The number of para-hydroxylation sites is 2. The summed E-state index contributed by atoms with van der Waals surface area (Å²) in [6.45, 7) is 3.54. The van der Waals surface area contributed by atoms with Gasteiger partial charge in [0, 0.05) is 47.0 Å². The van der Waals surface area contributed by atoms with E-state index >= 15 is 0 Å². The van der Waals surface area contributed by atoms with Crippen LogP contribution in [0.1, 0.15) is 37.8 Å². The molecule has 5 atom stereocenters. The molecule has 0 saturated heterocycles. The van der Waals surface area contributed by atoms with Gasteiger partial charge in [0.15, 0.2) is 0 Å². The molecule has 0 spiro atoms. The smallest absolute Gasteiger partial charge is 0.326 e. The minimum atomic E-state index is -1.38. The Morgan fingerprint density at radius 1 is 0.756 bits per heavy atom. The quantitative estimate of drug-likeness (QED) is 0.0980. The van der Waals surface area contributed by atoms with Crippen LogP contribution in [0.15, 0.2) is 60.9 Å². The predicted octanol–water partition coefficient (Wildman–Crippen LogP) is 1.82. The Labute approximate surface area is 258 Å². The molecule has 45 heavy (non-hydrogen) atoms. The first-order chi connectivity index (χ1) is 21.5. The second-order valence-corrected chi connectivity index (χ2v) is 11.2. The highest BCUT2D eigenvalue weighted by Gasteiger charge is 2.33. The molecule has 0 saturated carbocycles. The second-order valence-electron chi connectivity index (χ2n) is 11.2. The van der Waals surface area contributed by atoms with Crippen LogP contribution in [0.5, 0.6) is 0 Å². The van der Waals surface area contributed by atoms with Crippen molar-refractivity contribution in [2.24, 2.45) is 11.7 Å². The van der Waals surface area contributed by atoms with Crippen LogP contribution in [0.25, 0.3) is 21.8 Å². The zero-order chi connectivity index (χ0) is 32.7. The summed E-state index contributed by atoms with van der Waals surface area (Å²) in [6, 6.07) is 9.77. The van der Waals surface area contributed by atoms with Gasteiger partial charge in [0.25, 0.3) is 0 Å². The van der Waals surface area contributed by atoms with Crippen molar-refractivity contribution in [3.05, 3.63) is 72.1 Å². The number of hydrogen-bond donors (Lipinski definition) is 8. The molecule has 3 amide bonds. The Balaban J connectivity index is 1.59. The van der Waals surface area contributed by atoms with Gasteiger partial charge in [0.2, 0.25) is 17.7 Å². The number of carboxylic acids is 2. The third-order valence-electron chi connectivity index (χ3n) is 7.97. The SMILES string of the molecule is CCC(C)C(NC(=O)C(N)CC(=O)O)C(=O)NC(Cc1c[nH]c2ccccc12)C(=O)NC(Cc1c[nH]c2ccccc12)C(=O)O. The van der Waals surface area contributed by atoms with Gasteiger partial charge in [-0.1, -0.05) is 56.7 Å². The Morgan fingerprint density at radius 2 is 1.27 bits per heavy atom. The number of nitrogens with two attached hydrogens (primary N) is 1. The molecule has 0 aliphatic heterocycles. The molecule has 0 aliphatic rings. The number of rotatable bonds is 15. The lowest BCUT2D eigenvalue weighted by Gasteiger charge is -2.28. The number of aliphatic carboxylic acids is 2. The number of carbonyl (C=O) groups is 5. The second kappa shape index (κ2) is 14.5. The Bertz CT molecular complexity index is 1700. The number of fused-ring (bicyclic) bond motifs is 2. The number of H-pyrrole nitrogens is 2. The minimum Gasteiger partial charge on any atom is -0.481 e.